The van der Waals surface area contributed by atoms with Crippen LogP contribution in [-0.2, 0) is 16.4 Å². The van der Waals surface area contributed by atoms with Gasteiger partial charge < -0.3 is 30.6 Å². The first-order chi connectivity index (χ1) is 12.1. The van der Waals surface area contributed by atoms with Crippen LogP contribution in [-0.4, -0.2) is 48.6 Å². The van der Waals surface area contributed by atoms with E-state index < -0.39 is 42.4 Å². The Kier molecular flexibility index (Phi) is 6.25. The summed E-state index contributed by atoms with van der Waals surface area (Å²) < 4.78 is 0. The van der Waals surface area contributed by atoms with E-state index in [2.05, 4.69) is 0 Å². The van der Waals surface area contributed by atoms with Gasteiger partial charge in [-0.05, 0) is 0 Å². The number of hydrogen-bond acceptors (Lipinski definition) is 7. The fourth-order valence-corrected chi connectivity index (χ4v) is 2.61. The second kappa shape index (κ2) is 8.05. The van der Waals surface area contributed by atoms with Gasteiger partial charge in [0.15, 0.2) is 17.4 Å². The predicted octanol–water partition coefficient (Wildman–Crippen LogP) is -0.267. The van der Waals surface area contributed by atoms with Gasteiger partial charge in [0.2, 0.25) is 0 Å². The first-order valence-electron chi connectivity index (χ1n) is 8.04. The molecule has 2 aromatic rings. The molecule has 0 aliphatic heterocycles. The third-order valence-electron chi connectivity index (χ3n) is 4.09. The quantitative estimate of drug-likeness (QED) is 0.356. The van der Waals surface area contributed by atoms with Crippen molar-refractivity contribution in [2.45, 2.75) is 36.6 Å². The van der Waals surface area contributed by atoms with E-state index in [1.807, 2.05) is 0 Å². The van der Waals surface area contributed by atoms with E-state index in [1.165, 1.54) is 24.3 Å². The summed E-state index contributed by atoms with van der Waals surface area (Å²) >= 11 is 0. The van der Waals surface area contributed by atoms with Gasteiger partial charge in [0, 0.05) is 24.0 Å². The van der Waals surface area contributed by atoms with E-state index in [0.29, 0.717) is 0 Å². The molecule has 0 radical (unpaired) electrons. The molecule has 2 atom stereocenters. The number of rotatable bonds is 8. The van der Waals surface area contributed by atoms with E-state index in [9.17, 15) is 35.4 Å². The number of benzene rings is 2. The van der Waals surface area contributed by atoms with Crippen molar-refractivity contribution in [3.05, 3.63) is 71.8 Å². The lowest BCUT2D eigenvalue weighted by Gasteiger charge is -2.28. The van der Waals surface area contributed by atoms with E-state index in [-0.39, 0.29) is 11.1 Å². The Labute approximate surface area is 150 Å². The average molecular weight is 362 g/mol. The zero-order chi connectivity index (χ0) is 19.4. The summed E-state index contributed by atoms with van der Waals surface area (Å²) in [6, 6.07) is 15.2. The Bertz CT molecular complexity index is 652. The van der Waals surface area contributed by atoms with Crippen LogP contribution >= 0.6 is 0 Å². The summed E-state index contributed by atoms with van der Waals surface area (Å²) in [6.45, 7) is 0. The molecule has 2 unspecified atom stereocenters. The number of aliphatic hydroxyl groups excluding tert-OH is 2. The lowest BCUT2D eigenvalue weighted by molar-refractivity contribution is -0.201. The Morgan fingerprint density at radius 1 is 0.692 bits per heavy atom. The Morgan fingerprint density at radius 2 is 1.00 bits per heavy atom. The van der Waals surface area contributed by atoms with Crippen LogP contribution in [0.15, 0.2) is 60.7 Å². The number of Topliss-reactive ketones (excluding diaryl/α,β-unsaturated/α-hetero) is 1. The number of carbonyl (C=O) groups excluding carboxylic acids is 1. The fourth-order valence-electron chi connectivity index (χ4n) is 2.61. The molecule has 0 saturated carbocycles. The van der Waals surface area contributed by atoms with Gasteiger partial charge in [-0.2, -0.15) is 0 Å². The summed E-state index contributed by atoms with van der Waals surface area (Å²) in [5, 5.41) is 60.2. The normalized spacial score (nSPS) is 14.7. The third kappa shape index (κ3) is 4.95. The van der Waals surface area contributed by atoms with Crippen LogP contribution in [0.3, 0.4) is 0 Å². The van der Waals surface area contributed by atoms with Gasteiger partial charge in [-0.1, -0.05) is 60.7 Å². The number of ketones is 1. The van der Waals surface area contributed by atoms with Gasteiger partial charge >= 0.3 is 0 Å². The highest BCUT2D eigenvalue weighted by Gasteiger charge is 2.38. The molecular weight excluding hydrogens is 340 g/mol. The predicted molar refractivity (Wildman–Crippen MR) is 91.4 cm³/mol. The zero-order valence-electron chi connectivity index (χ0n) is 13.9. The molecule has 0 spiro atoms. The second-order valence-corrected chi connectivity index (χ2v) is 6.21. The number of hydrogen-bond donors (Lipinski definition) is 6. The van der Waals surface area contributed by atoms with Crippen molar-refractivity contribution in [1.82, 2.24) is 0 Å². The van der Waals surface area contributed by atoms with Gasteiger partial charge in [0.25, 0.3) is 0 Å². The van der Waals surface area contributed by atoms with Crippen LogP contribution < -0.4 is 0 Å². The molecule has 140 valence electrons. The van der Waals surface area contributed by atoms with Crippen molar-refractivity contribution in [1.29, 1.82) is 0 Å². The number of aliphatic hydroxyl groups is 6. The largest absolute Gasteiger partial charge is 0.385 e. The summed E-state index contributed by atoms with van der Waals surface area (Å²) in [4.78, 5) is 12.1. The molecule has 26 heavy (non-hydrogen) atoms. The van der Waals surface area contributed by atoms with Crippen molar-refractivity contribution in [3.63, 3.8) is 0 Å². The van der Waals surface area contributed by atoms with Crippen molar-refractivity contribution in [2.24, 2.45) is 0 Å². The summed E-state index contributed by atoms with van der Waals surface area (Å²) in [7, 11) is 0. The van der Waals surface area contributed by atoms with Gasteiger partial charge in [0.05, 0.1) is 0 Å². The van der Waals surface area contributed by atoms with Gasteiger partial charge in [-0.3, -0.25) is 4.79 Å². The smallest absolute Gasteiger partial charge is 0.192 e. The molecule has 7 heteroatoms. The van der Waals surface area contributed by atoms with Crippen LogP contribution in [0.1, 0.15) is 24.0 Å². The van der Waals surface area contributed by atoms with Crippen LogP contribution in [0, 0.1) is 0 Å². The molecule has 0 bridgehead atoms. The monoisotopic (exact) mass is 362 g/mol. The first kappa shape index (κ1) is 20.2. The maximum Gasteiger partial charge on any atom is 0.192 e. The van der Waals surface area contributed by atoms with E-state index in [4.69, 9.17) is 0 Å². The zero-order valence-corrected chi connectivity index (χ0v) is 13.9. The van der Waals surface area contributed by atoms with Crippen LogP contribution in [0.2, 0.25) is 0 Å². The molecule has 0 aliphatic carbocycles. The molecule has 0 heterocycles. The highest BCUT2D eigenvalue weighted by molar-refractivity contribution is 5.87. The maximum atomic E-state index is 12.1. The molecular formula is C19H22O7. The molecule has 0 saturated heterocycles. The lowest BCUT2D eigenvalue weighted by Crippen LogP contribution is -2.42. The Morgan fingerprint density at radius 3 is 1.31 bits per heavy atom. The second-order valence-electron chi connectivity index (χ2n) is 6.21. The minimum atomic E-state index is -2.48. The molecule has 7 nitrogen and oxygen atoms in total. The van der Waals surface area contributed by atoms with E-state index in [0.717, 1.165) is 0 Å². The minimum Gasteiger partial charge on any atom is -0.385 e. The lowest BCUT2D eigenvalue weighted by atomic mass is 9.92. The first-order valence-corrected chi connectivity index (χ1v) is 8.04. The third-order valence-corrected chi connectivity index (χ3v) is 4.09. The van der Waals surface area contributed by atoms with Crippen molar-refractivity contribution < 1.29 is 35.4 Å². The van der Waals surface area contributed by atoms with Crippen LogP contribution in [0.5, 0.6) is 0 Å². The van der Waals surface area contributed by atoms with Crippen molar-refractivity contribution in [3.8, 4) is 0 Å². The Hall–Kier alpha value is -2.13. The number of carbonyl (C=O) groups is 1. The van der Waals surface area contributed by atoms with Gasteiger partial charge in [0.1, 0.15) is 12.2 Å². The SMILES string of the molecule is O=C(C(O)CC(O)(O)c1ccccc1)C(O)CC(O)(O)c1ccccc1. The minimum absolute atomic E-state index is 0.0734. The summed E-state index contributed by atoms with van der Waals surface area (Å²) in [5.41, 5.74) is 0.147. The van der Waals surface area contributed by atoms with Crippen molar-refractivity contribution >= 4 is 5.78 Å². The summed E-state index contributed by atoms with van der Waals surface area (Å²) in [5.74, 6) is -6.10. The van der Waals surface area contributed by atoms with Gasteiger partial charge in [-0.25, -0.2) is 0 Å². The molecule has 0 amide bonds. The fraction of sp³-hybridized carbons (Fsp3) is 0.316. The van der Waals surface area contributed by atoms with E-state index >= 15 is 0 Å². The molecule has 0 aromatic heterocycles. The molecule has 2 rings (SSSR count). The van der Waals surface area contributed by atoms with Crippen LogP contribution in [0.4, 0.5) is 0 Å². The molecule has 0 fully saturated rings. The molecule has 2 aromatic carbocycles. The highest BCUT2D eigenvalue weighted by Crippen LogP contribution is 2.27. The Balaban J connectivity index is 2.03. The van der Waals surface area contributed by atoms with Crippen LogP contribution in [0.25, 0.3) is 0 Å². The molecule has 6 N–H and O–H groups in total. The average Bonchev–Trinajstić information content (AvgIpc) is 2.61. The molecule has 0 aliphatic rings. The van der Waals surface area contributed by atoms with Crippen molar-refractivity contribution in [2.75, 3.05) is 0 Å². The highest BCUT2D eigenvalue weighted by atomic mass is 16.5. The van der Waals surface area contributed by atoms with Gasteiger partial charge in [-0.15, -0.1) is 0 Å². The summed E-state index contributed by atoms with van der Waals surface area (Å²) in [6.07, 6.45) is -5.37. The topological polar surface area (TPSA) is 138 Å². The van der Waals surface area contributed by atoms with E-state index in [1.54, 1.807) is 36.4 Å². The standard InChI is InChI=1S/C19H22O7/c20-15(11-18(23,24)13-7-3-1-4-8-13)17(22)16(21)12-19(25,26)14-9-5-2-6-10-14/h1-10,15-16,20-21,23-26H,11-12H2. The maximum absolute atomic E-state index is 12.1.